The number of aromatic nitrogens is 1. The van der Waals surface area contributed by atoms with Crippen LogP contribution in [0.4, 0.5) is 0 Å². The van der Waals surface area contributed by atoms with Crippen LogP contribution in [0.5, 0.6) is 5.88 Å². The second kappa shape index (κ2) is 11.7. The smallest absolute Gasteiger partial charge is 0.212 e. The molecule has 1 aromatic heterocycles. The molecule has 0 fully saturated rings. The highest BCUT2D eigenvalue weighted by molar-refractivity contribution is 14.0. The van der Waals surface area contributed by atoms with Gasteiger partial charge in [0.25, 0.3) is 0 Å². The summed E-state index contributed by atoms with van der Waals surface area (Å²) in [6.45, 7) is 3.85. The van der Waals surface area contributed by atoms with Gasteiger partial charge in [0.1, 0.15) is 0 Å². The van der Waals surface area contributed by atoms with Crippen molar-refractivity contribution in [1.29, 1.82) is 0 Å². The van der Waals surface area contributed by atoms with Gasteiger partial charge in [-0.1, -0.05) is 25.8 Å². The second-order valence-corrected chi connectivity index (χ2v) is 4.27. The van der Waals surface area contributed by atoms with Crippen LogP contribution in [0.2, 0.25) is 0 Å². The van der Waals surface area contributed by atoms with Gasteiger partial charge in [-0.2, -0.15) is 0 Å². The molecule has 0 amide bonds. The fourth-order valence-electron chi connectivity index (χ4n) is 1.62. The van der Waals surface area contributed by atoms with Crippen LogP contribution in [0.3, 0.4) is 0 Å². The molecular formula is C14H25IN4O. The number of nitrogens with one attached hydrogen (secondary N) is 2. The standard InChI is InChI=1S/C14H24N4O.HI/c1-4-5-6-9-16-14(15-2)18-11-12-7-8-13(19-3)17-10-12;/h7-8,10H,4-6,9,11H2,1-3H3,(H2,15,16,18);1H. The fourth-order valence-corrected chi connectivity index (χ4v) is 1.62. The summed E-state index contributed by atoms with van der Waals surface area (Å²) in [5, 5.41) is 6.55. The fraction of sp³-hybridized carbons (Fsp3) is 0.571. The molecule has 0 saturated heterocycles. The third-order valence-electron chi connectivity index (χ3n) is 2.76. The average molecular weight is 392 g/mol. The predicted octanol–water partition coefficient (Wildman–Crippen LogP) is 2.56. The number of pyridine rings is 1. The molecule has 114 valence electrons. The zero-order chi connectivity index (χ0) is 13.9. The Kier molecular flexibility index (Phi) is 11.1. The predicted molar refractivity (Wildman–Crippen MR) is 93.9 cm³/mol. The molecule has 0 atom stereocenters. The van der Waals surface area contributed by atoms with E-state index in [-0.39, 0.29) is 24.0 Å². The summed E-state index contributed by atoms with van der Waals surface area (Å²) in [4.78, 5) is 8.35. The van der Waals surface area contributed by atoms with Crippen LogP contribution in [-0.4, -0.2) is 31.6 Å². The van der Waals surface area contributed by atoms with Gasteiger partial charge in [0.2, 0.25) is 5.88 Å². The Morgan fingerprint density at radius 2 is 2.10 bits per heavy atom. The van der Waals surface area contributed by atoms with Crippen LogP contribution in [0, 0.1) is 0 Å². The average Bonchev–Trinajstić information content (AvgIpc) is 2.47. The number of methoxy groups -OCH3 is 1. The minimum atomic E-state index is 0. The Balaban J connectivity index is 0.00000361. The Labute approximate surface area is 138 Å². The zero-order valence-corrected chi connectivity index (χ0v) is 14.8. The molecule has 1 rings (SSSR count). The van der Waals surface area contributed by atoms with Crippen molar-refractivity contribution in [3.63, 3.8) is 0 Å². The summed E-state index contributed by atoms with van der Waals surface area (Å²) < 4.78 is 5.02. The summed E-state index contributed by atoms with van der Waals surface area (Å²) in [7, 11) is 3.39. The number of unbranched alkanes of at least 4 members (excludes halogenated alkanes) is 2. The summed E-state index contributed by atoms with van der Waals surface area (Å²) in [5.41, 5.74) is 1.09. The molecule has 5 nitrogen and oxygen atoms in total. The molecule has 0 aliphatic rings. The molecule has 0 aliphatic heterocycles. The lowest BCUT2D eigenvalue weighted by molar-refractivity contribution is 0.397. The van der Waals surface area contributed by atoms with Crippen molar-refractivity contribution in [2.45, 2.75) is 32.7 Å². The van der Waals surface area contributed by atoms with Crippen molar-refractivity contribution in [2.24, 2.45) is 4.99 Å². The van der Waals surface area contributed by atoms with E-state index in [1.165, 1.54) is 19.3 Å². The Bertz CT molecular complexity index is 381. The molecule has 0 bridgehead atoms. The van der Waals surface area contributed by atoms with E-state index in [1.54, 1.807) is 20.4 Å². The van der Waals surface area contributed by atoms with Crippen LogP contribution >= 0.6 is 24.0 Å². The number of ether oxygens (including phenoxy) is 1. The van der Waals surface area contributed by atoms with Gasteiger partial charge in [0, 0.05) is 32.4 Å². The molecule has 1 aromatic rings. The van der Waals surface area contributed by atoms with Gasteiger partial charge in [-0.15, -0.1) is 24.0 Å². The van der Waals surface area contributed by atoms with E-state index in [2.05, 4.69) is 27.5 Å². The molecule has 0 saturated carbocycles. The molecular weight excluding hydrogens is 367 g/mol. The van der Waals surface area contributed by atoms with Gasteiger partial charge in [-0.25, -0.2) is 4.98 Å². The molecule has 2 N–H and O–H groups in total. The molecule has 0 unspecified atom stereocenters. The Morgan fingerprint density at radius 1 is 1.30 bits per heavy atom. The molecule has 0 aliphatic carbocycles. The van der Waals surface area contributed by atoms with Crippen molar-refractivity contribution < 1.29 is 4.74 Å². The lowest BCUT2D eigenvalue weighted by Gasteiger charge is -2.11. The first-order chi connectivity index (χ1) is 9.30. The van der Waals surface area contributed by atoms with E-state index in [9.17, 15) is 0 Å². The Hall–Kier alpha value is -1.05. The van der Waals surface area contributed by atoms with E-state index in [0.717, 1.165) is 18.1 Å². The quantitative estimate of drug-likeness (QED) is 0.324. The van der Waals surface area contributed by atoms with Gasteiger partial charge in [-0.3, -0.25) is 4.99 Å². The largest absolute Gasteiger partial charge is 0.481 e. The SMILES string of the molecule is CCCCCNC(=NC)NCc1ccc(OC)nc1.I. The maximum absolute atomic E-state index is 5.02. The van der Waals surface area contributed by atoms with Gasteiger partial charge in [0.05, 0.1) is 7.11 Å². The number of guanidine groups is 1. The highest BCUT2D eigenvalue weighted by Crippen LogP contribution is 2.05. The maximum atomic E-state index is 5.02. The van der Waals surface area contributed by atoms with E-state index in [1.807, 2.05) is 12.1 Å². The van der Waals surface area contributed by atoms with Gasteiger partial charge in [-0.05, 0) is 12.0 Å². The first kappa shape index (κ1) is 18.9. The highest BCUT2D eigenvalue weighted by atomic mass is 127. The number of hydrogen-bond donors (Lipinski definition) is 2. The lowest BCUT2D eigenvalue weighted by atomic mass is 10.2. The molecule has 0 aromatic carbocycles. The van der Waals surface area contributed by atoms with Crippen molar-refractivity contribution >= 4 is 29.9 Å². The van der Waals surface area contributed by atoms with Gasteiger partial charge in [0.15, 0.2) is 5.96 Å². The summed E-state index contributed by atoms with van der Waals surface area (Å²) in [6.07, 6.45) is 5.44. The minimum absolute atomic E-state index is 0. The second-order valence-electron chi connectivity index (χ2n) is 4.27. The van der Waals surface area contributed by atoms with Crippen molar-refractivity contribution in [2.75, 3.05) is 20.7 Å². The van der Waals surface area contributed by atoms with Crippen LogP contribution in [0.25, 0.3) is 0 Å². The van der Waals surface area contributed by atoms with E-state index >= 15 is 0 Å². The van der Waals surface area contributed by atoms with Crippen LogP contribution in [0.15, 0.2) is 23.3 Å². The molecule has 1 heterocycles. The first-order valence-electron chi connectivity index (χ1n) is 6.73. The number of aliphatic imine (C=N–C) groups is 1. The summed E-state index contributed by atoms with van der Waals surface area (Å²) in [6, 6.07) is 3.84. The molecule has 20 heavy (non-hydrogen) atoms. The topological polar surface area (TPSA) is 58.5 Å². The van der Waals surface area contributed by atoms with Gasteiger partial charge < -0.3 is 15.4 Å². The number of nitrogens with zero attached hydrogens (tertiary/aromatic N) is 2. The van der Waals surface area contributed by atoms with Crippen LogP contribution < -0.4 is 15.4 Å². The number of halogens is 1. The monoisotopic (exact) mass is 392 g/mol. The zero-order valence-electron chi connectivity index (χ0n) is 12.5. The third kappa shape index (κ3) is 7.52. The van der Waals surface area contributed by atoms with Gasteiger partial charge >= 0.3 is 0 Å². The Morgan fingerprint density at radius 3 is 2.65 bits per heavy atom. The molecule has 0 spiro atoms. The maximum Gasteiger partial charge on any atom is 0.212 e. The lowest BCUT2D eigenvalue weighted by Crippen LogP contribution is -2.37. The summed E-state index contributed by atoms with van der Waals surface area (Å²) >= 11 is 0. The van der Waals surface area contributed by atoms with Crippen LogP contribution in [-0.2, 0) is 6.54 Å². The van der Waals surface area contributed by atoms with Crippen LogP contribution in [0.1, 0.15) is 31.7 Å². The number of hydrogen-bond acceptors (Lipinski definition) is 3. The first-order valence-corrected chi connectivity index (χ1v) is 6.73. The molecule has 6 heteroatoms. The van der Waals surface area contributed by atoms with Crippen molar-refractivity contribution in [3.8, 4) is 5.88 Å². The van der Waals surface area contributed by atoms with E-state index in [0.29, 0.717) is 12.4 Å². The highest BCUT2D eigenvalue weighted by Gasteiger charge is 1.99. The normalized spacial score (nSPS) is 10.7. The van der Waals surface area contributed by atoms with Crippen molar-refractivity contribution in [1.82, 2.24) is 15.6 Å². The van der Waals surface area contributed by atoms with E-state index < -0.39 is 0 Å². The number of rotatable bonds is 7. The van der Waals surface area contributed by atoms with Crippen molar-refractivity contribution in [3.05, 3.63) is 23.9 Å². The van der Waals surface area contributed by atoms with E-state index in [4.69, 9.17) is 4.74 Å². The molecule has 0 radical (unpaired) electrons. The minimum Gasteiger partial charge on any atom is -0.481 e. The third-order valence-corrected chi connectivity index (χ3v) is 2.76. The summed E-state index contributed by atoms with van der Waals surface area (Å²) in [5.74, 6) is 1.46.